The molecule has 2 heterocycles. The van der Waals surface area contributed by atoms with Crippen LogP contribution in [0.1, 0.15) is 17.3 Å². The maximum absolute atomic E-state index is 14.1. The fourth-order valence-electron chi connectivity index (χ4n) is 4.87. The zero-order chi connectivity index (χ0) is 25.8. The molecule has 0 bridgehead atoms. The second kappa shape index (κ2) is 10.7. The summed E-state index contributed by atoms with van der Waals surface area (Å²) in [4.78, 5) is 31.7. The van der Waals surface area contributed by atoms with Gasteiger partial charge in [-0.25, -0.2) is 4.68 Å². The van der Waals surface area contributed by atoms with Gasteiger partial charge >= 0.3 is 0 Å². The van der Waals surface area contributed by atoms with Crippen molar-refractivity contribution in [3.05, 3.63) is 101 Å². The highest BCUT2D eigenvalue weighted by Crippen LogP contribution is 2.33. The van der Waals surface area contributed by atoms with Crippen molar-refractivity contribution in [1.82, 2.24) is 14.7 Å². The number of amides is 1. The first-order chi connectivity index (χ1) is 18.1. The van der Waals surface area contributed by atoms with Crippen LogP contribution in [0.2, 0.25) is 0 Å². The molecule has 0 unspecified atom stereocenters. The van der Waals surface area contributed by atoms with Crippen LogP contribution in [-0.4, -0.2) is 53.9 Å². The van der Waals surface area contributed by atoms with Gasteiger partial charge in [-0.2, -0.15) is 5.10 Å². The standard InChI is InChI=1S/C30H30N4O3/c1-3-34-30(36)27(26(22-12-6-4-7-13-22)28(31-34)23-14-8-5-9-15-23)29(35)33-20-18-32(19-21-33)24-16-10-11-17-25(24)37-2/h4-17H,3,18-21H2,1-2H3. The van der Waals surface area contributed by atoms with Gasteiger partial charge in [-0.1, -0.05) is 72.8 Å². The number of benzene rings is 3. The Labute approximate surface area is 216 Å². The number of hydrogen-bond acceptors (Lipinski definition) is 5. The van der Waals surface area contributed by atoms with Gasteiger partial charge in [0, 0.05) is 43.9 Å². The molecule has 1 saturated heterocycles. The molecule has 1 aromatic heterocycles. The Morgan fingerprint density at radius 3 is 2.05 bits per heavy atom. The van der Waals surface area contributed by atoms with Crippen LogP contribution in [0.3, 0.4) is 0 Å². The van der Waals surface area contributed by atoms with Crippen molar-refractivity contribution in [2.45, 2.75) is 13.5 Å². The number of hydrogen-bond donors (Lipinski definition) is 0. The Kier molecular flexibility index (Phi) is 7.03. The van der Waals surface area contributed by atoms with Gasteiger partial charge in [-0.15, -0.1) is 0 Å². The van der Waals surface area contributed by atoms with Gasteiger partial charge in [0.2, 0.25) is 0 Å². The Hall–Kier alpha value is -4.39. The third kappa shape index (κ3) is 4.72. The largest absolute Gasteiger partial charge is 0.495 e. The van der Waals surface area contributed by atoms with Crippen LogP contribution in [0.4, 0.5) is 5.69 Å². The van der Waals surface area contributed by atoms with E-state index in [1.165, 1.54) is 4.68 Å². The Balaban J connectivity index is 1.56. The highest BCUT2D eigenvalue weighted by molar-refractivity contribution is 6.03. The second-order valence-electron chi connectivity index (χ2n) is 8.90. The lowest BCUT2D eigenvalue weighted by atomic mass is 9.94. The van der Waals surface area contributed by atoms with Crippen molar-refractivity contribution in [2.24, 2.45) is 0 Å². The quantitative estimate of drug-likeness (QED) is 0.393. The van der Waals surface area contributed by atoms with Gasteiger partial charge < -0.3 is 14.5 Å². The Morgan fingerprint density at radius 1 is 0.838 bits per heavy atom. The van der Waals surface area contributed by atoms with Gasteiger partial charge in [0.25, 0.3) is 11.5 Å². The number of piperazine rings is 1. The van der Waals surface area contributed by atoms with E-state index in [-0.39, 0.29) is 17.0 Å². The first-order valence-corrected chi connectivity index (χ1v) is 12.6. The number of aryl methyl sites for hydroxylation is 1. The zero-order valence-corrected chi connectivity index (χ0v) is 21.1. The lowest BCUT2D eigenvalue weighted by Crippen LogP contribution is -2.50. The summed E-state index contributed by atoms with van der Waals surface area (Å²) < 4.78 is 6.93. The molecule has 1 aliphatic heterocycles. The van der Waals surface area contributed by atoms with Crippen molar-refractivity contribution in [3.8, 4) is 28.1 Å². The topological polar surface area (TPSA) is 67.7 Å². The minimum absolute atomic E-state index is 0.174. The zero-order valence-electron chi connectivity index (χ0n) is 21.1. The van der Waals surface area contributed by atoms with E-state index < -0.39 is 0 Å². The van der Waals surface area contributed by atoms with E-state index in [1.54, 1.807) is 12.0 Å². The van der Waals surface area contributed by atoms with E-state index in [0.29, 0.717) is 44.0 Å². The van der Waals surface area contributed by atoms with Gasteiger partial charge in [-0.3, -0.25) is 9.59 Å². The SMILES string of the molecule is CCn1nc(-c2ccccc2)c(-c2ccccc2)c(C(=O)N2CCN(c3ccccc3OC)CC2)c1=O. The maximum atomic E-state index is 14.1. The average molecular weight is 495 g/mol. The number of carbonyl (C=O) groups excluding carboxylic acids is 1. The second-order valence-corrected chi connectivity index (χ2v) is 8.90. The van der Waals surface area contributed by atoms with Crippen molar-refractivity contribution in [1.29, 1.82) is 0 Å². The van der Waals surface area contributed by atoms with Gasteiger partial charge in [0.15, 0.2) is 0 Å². The third-order valence-corrected chi connectivity index (χ3v) is 6.77. The molecule has 0 saturated carbocycles. The number of ether oxygens (including phenoxy) is 1. The highest BCUT2D eigenvalue weighted by Gasteiger charge is 2.30. The number of para-hydroxylation sites is 2. The average Bonchev–Trinajstić information content (AvgIpc) is 2.97. The molecule has 0 radical (unpaired) electrons. The van der Waals surface area contributed by atoms with Gasteiger partial charge in [0.05, 0.1) is 18.5 Å². The summed E-state index contributed by atoms with van der Waals surface area (Å²) in [5, 5.41) is 4.71. The van der Waals surface area contributed by atoms with Crippen LogP contribution in [0.15, 0.2) is 89.7 Å². The summed E-state index contributed by atoms with van der Waals surface area (Å²) in [5.41, 5.74) is 3.68. The third-order valence-electron chi connectivity index (χ3n) is 6.77. The molecule has 1 aliphatic rings. The van der Waals surface area contributed by atoms with Crippen molar-refractivity contribution < 1.29 is 9.53 Å². The molecular formula is C30H30N4O3. The molecule has 0 N–H and O–H groups in total. The summed E-state index contributed by atoms with van der Waals surface area (Å²) in [6.07, 6.45) is 0. The molecule has 5 rings (SSSR count). The monoisotopic (exact) mass is 494 g/mol. The number of methoxy groups -OCH3 is 1. The summed E-state index contributed by atoms with van der Waals surface area (Å²) in [7, 11) is 1.66. The molecule has 7 heteroatoms. The van der Waals surface area contributed by atoms with Crippen molar-refractivity contribution in [3.63, 3.8) is 0 Å². The molecule has 3 aromatic carbocycles. The van der Waals surface area contributed by atoms with E-state index in [2.05, 4.69) is 4.90 Å². The van der Waals surface area contributed by atoms with Gasteiger partial charge in [0.1, 0.15) is 11.3 Å². The molecule has 0 atom stereocenters. The van der Waals surface area contributed by atoms with Crippen molar-refractivity contribution in [2.75, 3.05) is 38.2 Å². The lowest BCUT2D eigenvalue weighted by molar-refractivity contribution is 0.0744. The first-order valence-electron chi connectivity index (χ1n) is 12.6. The predicted octanol–water partition coefficient (Wildman–Crippen LogP) is 4.57. The Morgan fingerprint density at radius 2 is 1.43 bits per heavy atom. The van der Waals surface area contributed by atoms with E-state index in [0.717, 1.165) is 22.6 Å². The molecule has 1 fully saturated rings. The molecule has 4 aromatic rings. The molecule has 1 amide bonds. The number of carbonyl (C=O) groups is 1. The number of anilines is 1. The fourth-order valence-corrected chi connectivity index (χ4v) is 4.87. The maximum Gasteiger partial charge on any atom is 0.280 e. The number of nitrogens with zero attached hydrogens (tertiary/aromatic N) is 4. The lowest BCUT2D eigenvalue weighted by Gasteiger charge is -2.36. The molecule has 7 nitrogen and oxygen atoms in total. The van der Waals surface area contributed by atoms with Crippen LogP contribution < -0.4 is 15.2 Å². The molecule has 0 spiro atoms. The molecule has 188 valence electrons. The van der Waals surface area contributed by atoms with E-state index in [4.69, 9.17) is 9.84 Å². The summed E-state index contributed by atoms with van der Waals surface area (Å²) in [6.45, 7) is 4.53. The summed E-state index contributed by atoms with van der Waals surface area (Å²) >= 11 is 0. The molecular weight excluding hydrogens is 464 g/mol. The van der Waals surface area contributed by atoms with Crippen molar-refractivity contribution >= 4 is 11.6 Å². The van der Waals surface area contributed by atoms with Crippen LogP contribution in [0.25, 0.3) is 22.4 Å². The smallest absolute Gasteiger partial charge is 0.280 e. The predicted molar refractivity (Wildman–Crippen MR) is 146 cm³/mol. The van der Waals surface area contributed by atoms with E-state index in [1.807, 2.05) is 91.9 Å². The summed E-state index contributed by atoms with van der Waals surface area (Å²) in [5.74, 6) is 0.548. The normalized spacial score (nSPS) is 13.5. The number of aromatic nitrogens is 2. The fraction of sp³-hybridized carbons (Fsp3) is 0.233. The summed E-state index contributed by atoms with van der Waals surface area (Å²) in [6, 6.07) is 27.2. The number of rotatable bonds is 6. The van der Waals surface area contributed by atoms with Gasteiger partial charge in [-0.05, 0) is 24.6 Å². The van der Waals surface area contributed by atoms with Crippen LogP contribution in [-0.2, 0) is 6.54 Å². The first kappa shape index (κ1) is 24.3. The van der Waals surface area contributed by atoms with Crippen LogP contribution in [0.5, 0.6) is 5.75 Å². The minimum atomic E-state index is -0.363. The molecule has 37 heavy (non-hydrogen) atoms. The molecule has 0 aliphatic carbocycles. The van der Waals surface area contributed by atoms with E-state index in [9.17, 15) is 9.59 Å². The highest BCUT2D eigenvalue weighted by atomic mass is 16.5. The van der Waals surface area contributed by atoms with E-state index >= 15 is 0 Å². The Bertz CT molecular complexity index is 1440. The minimum Gasteiger partial charge on any atom is -0.495 e. The van der Waals surface area contributed by atoms with Crippen LogP contribution in [0, 0.1) is 0 Å². The van der Waals surface area contributed by atoms with Crippen LogP contribution >= 0.6 is 0 Å².